The van der Waals surface area contributed by atoms with Gasteiger partial charge in [0.15, 0.2) is 0 Å². The first-order valence-electron chi connectivity index (χ1n) is 9.32. The molecule has 2 heterocycles. The molecule has 1 aliphatic heterocycles. The van der Waals surface area contributed by atoms with E-state index in [2.05, 4.69) is 31.7 Å². The number of rotatable bonds is 3. The Labute approximate surface area is 177 Å². The fraction of sp³-hybridized carbons (Fsp3) is 0.227. The van der Waals surface area contributed by atoms with E-state index in [1.807, 2.05) is 56.3 Å². The highest BCUT2D eigenvalue weighted by Gasteiger charge is 2.41. The SMILES string of the molecule is Cc1cccc(C(=O)N[C@@H]2C(=O)Nc3c(c(C)nn3C)[C@H]2c2ccc(Br)cc2)c1. The van der Waals surface area contributed by atoms with Crippen LogP contribution in [0, 0.1) is 13.8 Å². The highest BCUT2D eigenvalue weighted by atomic mass is 79.9. The second-order valence-corrected chi connectivity index (χ2v) is 8.23. The van der Waals surface area contributed by atoms with E-state index < -0.39 is 6.04 Å². The molecule has 0 aliphatic carbocycles. The Morgan fingerprint density at radius 3 is 2.59 bits per heavy atom. The Bertz CT molecular complexity index is 1100. The van der Waals surface area contributed by atoms with E-state index in [-0.39, 0.29) is 17.7 Å². The number of hydrogen-bond donors (Lipinski definition) is 2. The van der Waals surface area contributed by atoms with Crippen LogP contribution in [0.2, 0.25) is 0 Å². The van der Waals surface area contributed by atoms with Gasteiger partial charge in [-0.15, -0.1) is 0 Å². The third kappa shape index (κ3) is 3.58. The van der Waals surface area contributed by atoms with Crippen molar-refractivity contribution in [1.29, 1.82) is 0 Å². The van der Waals surface area contributed by atoms with E-state index in [4.69, 9.17) is 0 Å². The number of hydrogen-bond acceptors (Lipinski definition) is 3. The lowest BCUT2D eigenvalue weighted by Crippen LogP contribution is -2.50. The van der Waals surface area contributed by atoms with Crippen molar-refractivity contribution in [2.45, 2.75) is 25.8 Å². The molecular weight excluding hydrogens is 432 g/mol. The van der Waals surface area contributed by atoms with E-state index in [0.717, 1.165) is 26.9 Å². The average molecular weight is 453 g/mol. The average Bonchev–Trinajstić information content (AvgIpc) is 2.96. The second kappa shape index (κ2) is 7.48. The molecule has 0 radical (unpaired) electrons. The highest BCUT2D eigenvalue weighted by Crippen LogP contribution is 2.39. The van der Waals surface area contributed by atoms with E-state index >= 15 is 0 Å². The van der Waals surface area contributed by atoms with Crippen LogP contribution in [0.5, 0.6) is 0 Å². The molecule has 2 amide bonds. The zero-order valence-corrected chi connectivity index (χ0v) is 17.9. The summed E-state index contributed by atoms with van der Waals surface area (Å²) in [6, 6.07) is 14.4. The minimum Gasteiger partial charge on any atom is -0.339 e. The Morgan fingerprint density at radius 2 is 1.90 bits per heavy atom. The topological polar surface area (TPSA) is 76.0 Å². The normalized spacial score (nSPS) is 18.1. The molecule has 0 saturated carbocycles. The van der Waals surface area contributed by atoms with Gasteiger partial charge in [0.1, 0.15) is 11.9 Å². The van der Waals surface area contributed by atoms with Crippen molar-refractivity contribution in [1.82, 2.24) is 15.1 Å². The van der Waals surface area contributed by atoms with Gasteiger partial charge < -0.3 is 10.6 Å². The zero-order valence-electron chi connectivity index (χ0n) is 16.4. The highest BCUT2D eigenvalue weighted by molar-refractivity contribution is 9.10. The maximum Gasteiger partial charge on any atom is 0.251 e. The van der Waals surface area contributed by atoms with Crippen molar-refractivity contribution in [2.75, 3.05) is 5.32 Å². The standard InChI is InChI=1S/C22H21BrN4O2/c1-12-5-4-6-15(11-12)21(28)24-19-18(14-7-9-16(23)10-8-14)17-13(2)26-27(3)20(17)25-22(19)29/h4-11,18-19H,1-3H3,(H,24,28)(H,25,29)/t18-,19+/m1/s1. The van der Waals surface area contributed by atoms with Gasteiger partial charge in [-0.25, -0.2) is 0 Å². The Balaban J connectivity index is 1.78. The summed E-state index contributed by atoms with van der Waals surface area (Å²) in [4.78, 5) is 26.0. The first kappa shape index (κ1) is 19.4. The third-order valence-corrected chi connectivity index (χ3v) is 5.76. The monoisotopic (exact) mass is 452 g/mol. The summed E-state index contributed by atoms with van der Waals surface area (Å²) in [5, 5.41) is 10.4. The summed E-state index contributed by atoms with van der Waals surface area (Å²) in [5.74, 6) is -0.203. The van der Waals surface area contributed by atoms with Crippen LogP contribution in [0.4, 0.5) is 5.82 Å². The number of halogens is 1. The van der Waals surface area contributed by atoms with Gasteiger partial charge in [-0.05, 0) is 43.7 Å². The molecule has 2 atom stereocenters. The van der Waals surface area contributed by atoms with Crippen molar-refractivity contribution >= 4 is 33.6 Å². The van der Waals surface area contributed by atoms with Crippen LogP contribution < -0.4 is 10.6 Å². The van der Waals surface area contributed by atoms with Crippen LogP contribution in [0.3, 0.4) is 0 Å². The van der Waals surface area contributed by atoms with Crippen LogP contribution >= 0.6 is 15.9 Å². The van der Waals surface area contributed by atoms with E-state index in [1.54, 1.807) is 17.8 Å². The molecule has 148 valence electrons. The molecule has 0 bridgehead atoms. The van der Waals surface area contributed by atoms with Crippen molar-refractivity contribution in [3.8, 4) is 0 Å². The van der Waals surface area contributed by atoms with E-state index in [1.165, 1.54) is 0 Å². The molecule has 0 unspecified atom stereocenters. The summed E-state index contributed by atoms with van der Waals surface area (Å²) in [5.41, 5.74) is 4.20. The number of fused-ring (bicyclic) bond motifs is 1. The van der Waals surface area contributed by atoms with E-state index in [9.17, 15) is 9.59 Å². The number of carbonyl (C=O) groups excluding carboxylic acids is 2. The molecule has 1 aliphatic rings. The van der Waals surface area contributed by atoms with Crippen molar-refractivity contribution in [3.63, 3.8) is 0 Å². The van der Waals surface area contributed by atoms with Gasteiger partial charge in [0, 0.05) is 28.6 Å². The second-order valence-electron chi connectivity index (χ2n) is 7.31. The number of anilines is 1. The van der Waals surface area contributed by atoms with Gasteiger partial charge in [-0.2, -0.15) is 5.10 Å². The molecule has 2 aromatic carbocycles. The lowest BCUT2D eigenvalue weighted by Gasteiger charge is -2.32. The number of amides is 2. The molecule has 0 saturated heterocycles. The van der Waals surface area contributed by atoms with Crippen molar-refractivity contribution in [2.24, 2.45) is 7.05 Å². The van der Waals surface area contributed by atoms with E-state index in [0.29, 0.717) is 11.4 Å². The molecule has 0 spiro atoms. The summed E-state index contributed by atoms with van der Waals surface area (Å²) < 4.78 is 2.62. The number of aromatic nitrogens is 2. The third-order valence-electron chi connectivity index (χ3n) is 5.23. The largest absolute Gasteiger partial charge is 0.339 e. The lowest BCUT2D eigenvalue weighted by atomic mass is 9.82. The van der Waals surface area contributed by atoms with Gasteiger partial charge in [0.2, 0.25) is 5.91 Å². The maximum atomic E-state index is 13.0. The van der Waals surface area contributed by atoms with Crippen LogP contribution in [-0.2, 0) is 11.8 Å². The van der Waals surface area contributed by atoms with Gasteiger partial charge in [-0.1, -0.05) is 45.8 Å². The Hall–Kier alpha value is -2.93. The Kier molecular flexibility index (Phi) is 5.00. The van der Waals surface area contributed by atoms with Crippen LogP contribution in [0.15, 0.2) is 53.0 Å². The molecule has 3 aromatic rings. The van der Waals surface area contributed by atoms with Crippen LogP contribution in [-0.4, -0.2) is 27.6 Å². The molecule has 0 fully saturated rings. The molecule has 6 nitrogen and oxygen atoms in total. The van der Waals surface area contributed by atoms with Gasteiger partial charge in [0.25, 0.3) is 5.91 Å². The number of carbonyl (C=O) groups is 2. The van der Waals surface area contributed by atoms with Crippen LogP contribution in [0.1, 0.15) is 38.7 Å². The molecular formula is C22H21BrN4O2. The number of nitrogens with one attached hydrogen (secondary N) is 2. The minimum absolute atomic E-state index is 0.255. The van der Waals surface area contributed by atoms with Crippen molar-refractivity contribution in [3.05, 3.63) is 81.0 Å². The first-order chi connectivity index (χ1) is 13.8. The fourth-order valence-corrected chi connectivity index (χ4v) is 4.16. The minimum atomic E-state index is -0.750. The summed E-state index contributed by atoms with van der Waals surface area (Å²) in [6.07, 6.45) is 0. The summed E-state index contributed by atoms with van der Waals surface area (Å²) in [7, 11) is 1.80. The fourth-order valence-electron chi connectivity index (χ4n) is 3.90. The van der Waals surface area contributed by atoms with Gasteiger partial charge in [0.05, 0.1) is 5.69 Å². The number of benzene rings is 2. The summed E-state index contributed by atoms with van der Waals surface area (Å²) in [6.45, 7) is 3.85. The molecule has 4 rings (SSSR count). The number of aryl methyl sites for hydroxylation is 3. The van der Waals surface area contributed by atoms with Gasteiger partial charge in [-0.3, -0.25) is 14.3 Å². The maximum absolute atomic E-state index is 13.0. The number of nitrogens with zero attached hydrogens (tertiary/aromatic N) is 2. The lowest BCUT2D eigenvalue weighted by molar-refractivity contribution is -0.118. The Morgan fingerprint density at radius 1 is 1.17 bits per heavy atom. The first-order valence-corrected chi connectivity index (χ1v) is 10.1. The van der Waals surface area contributed by atoms with Crippen molar-refractivity contribution < 1.29 is 9.59 Å². The quantitative estimate of drug-likeness (QED) is 0.636. The summed E-state index contributed by atoms with van der Waals surface area (Å²) >= 11 is 3.46. The predicted molar refractivity (Wildman–Crippen MR) is 115 cm³/mol. The zero-order chi connectivity index (χ0) is 20.7. The smallest absolute Gasteiger partial charge is 0.251 e. The molecule has 1 aromatic heterocycles. The predicted octanol–water partition coefficient (Wildman–Crippen LogP) is 3.68. The molecule has 2 N–H and O–H groups in total. The van der Waals surface area contributed by atoms with Crippen LogP contribution in [0.25, 0.3) is 0 Å². The molecule has 7 heteroatoms. The molecule has 29 heavy (non-hydrogen) atoms. The van der Waals surface area contributed by atoms with Gasteiger partial charge >= 0.3 is 0 Å².